The van der Waals surface area contributed by atoms with E-state index in [0.29, 0.717) is 56.3 Å². The summed E-state index contributed by atoms with van der Waals surface area (Å²) in [5.41, 5.74) is -4.72. The Hall–Kier alpha value is -4.81. The largest absolute Gasteiger partial charge is 0.481 e. The van der Waals surface area contributed by atoms with Crippen molar-refractivity contribution in [2.24, 2.45) is 0 Å². The lowest BCUT2D eigenvalue weighted by Gasteiger charge is -2.30. The van der Waals surface area contributed by atoms with Crippen molar-refractivity contribution in [2.75, 3.05) is 54.2 Å². The van der Waals surface area contributed by atoms with Crippen molar-refractivity contribution in [3.05, 3.63) is 76.6 Å². The van der Waals surface area contributed by atoms with E-state index in [4.69, 9.17) is 14.6 Å². The molecule has 1 fully saturated rings. The van der Waals surface area contributed by atoms with Gasteiger partial charge in [0.05, 0.1) is 60.3 Å². The Morgan fingerprint density at radius 3 is 1.98 bits per heavy atom. The van der Waals surface area contributed by atoms with Crippen LogP contribution in [0, 0.1) is 0 Å². The highest BCUT2D eigenvalue weighted by Gasteiger charge is 2.37. The highest BCUT2D eigenvalue weighted by molar-refractivity contribution is 5.89. The second kappa shape index (κ2) is 16.7. The molecule has 0 spiro atoms. The monoisotopic (exact) mass is 751 g/mol. The standard InChI is InChI=1S/C33H34F9N5O5/c1-2-52-30(50)47(8-4-3-5-28(48)49)27-7-6-23(31(34,35)36)15-22(27)20-46(29-43-17-26(18-44-29)45-9-11-51-12-10-45)19-21-13-24(32(37,38)39)16-25(14-21)33(40,41)42/h6-7,13-18H,2-5,8-12,19-20H2,1H3,(H,48,49). The van der Waals surface area contributed by atoms with Crippen LogP contribution in [0.15, 0.2) is 48.8 Å². The van der Waals surface area contributed by atoms with Crippen LogP contribution in [-0.4, -0.2) is 66.6 Å². The van der Waals surface area contributed by atoms with Crippen LogP contribution in [0.1, 0.15) is 54.0 Å². The van der Waals surface area contributed by atoms with Crippen LogP contribution in [0.25, 0.3) is 0 Å². The van der Waals surface area contributed by atoms with Gasteiger partial charge in [-0.2, -0.15) is 39.5 Å². The lowest BCUT2D eigenvalue weighted by atomic mass is 10.0. The van der Waals surface area contributed by atoms with Crippen molar-refractivity contribution >= 4 is 29.4 Å². The molecule has 10 nitrogen and oxygen atoms in total. The molecule has 19 heteroatoms. The number of morpholine rings is 1. The van der Waals surface area contributed by atoms with Gasteiger partial charge in [-0.1, -0.05) is 0 Å². The molecule has 284 valence electrons. The summed E-state index contributed by atoms with van der Waals surface area (Å²) in [6.07, 6.45) is -13.6. The number of amides is 1. The van der Waals surface area contributed by atoms with Crippen LogP contribution < -0.4 is 14.7 Å². The first-order valence-electron chi connectivity index (χ1n) is 15.9. The van der Waals surface area contributed by atoms with Crippen LogP contribution in [0.3, 0.4) is 0 Å². The minimum absolute atomic E-state index is 0.0477. The number of aromatic nitrogens is 2. The fourth-order valence-electron chi connectivity index (χ4n) is 5.41. The zero-order valence-electron chi connectivity index (χ0n) is 27.6. The Morgan fingerprint density at radius 2 is 1.44 bits per heavy atom. The number of anilines is 3. The van der Waals surface area contributed by atoms with E-state index in [0.717, 1.165) is 15.9 Å². The molecule has 0 aliphatic carbocycles. The summed E-state index contributed by atoms with van der Waals surface area (Å²) in [4.78, 5) is 36.7. The van der Waals surface area contributed by atoms with E-state index < -0.39 is 65.9 Å². The van der Waals surface area contributed by atoms with Crippen molar-refractivity contribution in [3.8, 4) is 0 Å². The van der Waals surface area contributed by atoms with Crippen molar-refractivity contribution < 1.29 is 63.7 Å². The van der Waals surface area contributed by atoms with Gasteiger partial charge in [-0.15, -0.1) is 0 Å². The topological polar surface area (TPSA) is 108 Å². The van der Waals surface area contributed by atoms with Gasteiger partial charge < -0.3 is 24.4 Å². The predicted octanol–water partition coefficient (Wildman–Crippen LogP) is 7.79. The van der Waals surface area contributed by atoms with E-state index >= 15 is 0 Å². The van der Waals surface area contributed by atoms with E-state index in [1.165, 1.54) is 19.3 Å². The predicted molar refractivity (Wildman–Crippen MR) is 169 cm³/mol. The number of hydrogen-bond acceptors (Lipinski definition) is 8. The molecule has 3 aromatic rings. The van der Waals surface area contributed by atoms with Crippen LogP contribution in [-0.2, 0) is 45.9 Å². The van der Waals surface area contributed by atoms with Gasteiger partial charge in [0, 0.05) is 39.1 Å². The van der Waals surface area contributed by atoms with E-state index in [2.05, 4.69) is 9.97 Å². The Bertz CT molecular complexity index is 1650. The number of benzene rings is 2. The zero-order valence-corrected chi connectivity index (χ0v) is 27.6. The van der Waals surface area contributed by atoms with Crippen LogP contribution in [0.4, 0.5) is 61.6 Å². The normalized spacial score (nSPS) is 13.9. The van der Waals surface area contributed by atoms with Crippen molar-refractivity contribution in [1.29, 1.82) is 0 Å². The summed E-state index contributed by atoms with van der Waals surface area (Å²) < 4.78 is 135. The number of unbranched alkanes of at least 4 members (excludes halogenated alkanes) is 1. The average Bonchev–Trinajstić information content (AvgIpc) is 3.07. The number of carboxylic acids is 1. The molecular weight excluding hydrogens is 717 g/mol. The molecule has 0 radical (unpaired) electrons. The smallest absolute Gasteiger partial charge is 0.416 e. The van der Waals surface area contributed by atoms with E-state index in [1.54, 1.807) is 0 Å². The van der Waals surface area contributed by atoms with Crippen LogP contribution >= 0.6 is 0 Å². The van der Waals surface area contributed by atoms with Gasteiger partial charge in [-0.3, -0.25) is 9.69 Å². The second-order valence-electron chi connectivity index (χ2n) is 11.7. The SMILES string of the molecule is CCOC(=O)N(CCCCC(=O)O)c1ccc(C(F)(F)F)cc1CN(Cc1cc(C(F)(F)F)cc(C(F)(F)F)c1)c1ncc(N2CCOCC2)cn1. The van der Waals surface area contributed by atoms with Gasteiger partial charge >= 0.3 is 30.6 Å². The summed E-state index contributed by atoms with van der Waals surface area (Å²) in [7, 11) is 0. The number of nitrogens with zero attached hydrogens (tertiary/aromatic N) is 5. The Labute approximate surface area is 291 Å². The molecule has 2 aromatic carbocycles. The maximum atomic E-state index is 14.0. The van der Waals surface area contributed by atoms with E-state index in [9.17, 15) is 49.1 Å². The number of rotatable bonds is 13. The summed E-state index contributed by atoms with van der Waals surface area (Å²) >= 11 is 0. The Balaban J connectivity index is 1.85. The van der Waals surface area contributed by atoms with Gasteiger partial charge in [0.2, 0.25) is 5.95 Å². The molecule has 52 heavy (non-hydrogen) atoms. The molecule has 1 aliphatic rings. The Morgan fingerprint density at radius 1 is 0.846 bits per heavy atom. The quantitative estimate of drug-likeness (QED) is 0.138. The summed E-state index contributed by atoms with van der Waals surface area (Å²) in [6, 6.07) is 3.31. The van der Waals surface area contributed by atoms with E-state index in [1.807, 2.05) is 4.90 Å². The molecule has 1 N–H and O–H groups in total. The number of carboxylic acid groups (broad SMARTS) is 1. The molecule has 4 rings (SSSR count). The molecule has 1 saturated heterocycles. The van der Waals surface area contributed by atoms with Crippen LogP contribution in [0.5, 0.6) is 0 Å². The lowest BCUT2D eigenvalue weighted by Crippen LogP contribution is -2.36. The third-order valence-electron chi connectivity index (χ3n) is 7.87. The van der Waals surface area contributed by atoms with Crippen molar-refractivity contribution in [2.45, 2.75) is 57.8 Å². The fraction of sp³-hybridized carbons (Fsp3) is 0.455. The second-order valence-corrected chi connectivity index (χ2v) is 11.7. The number of ether oxygens (including phenoxy) is 2. The molecule has 0 bridgehead atoms. The van der Waals surface area contributed by atoms with Crippen molar-refractivity contribution in [3.63, 3.8) is 0 Å². The van der Waals surface area contributed by atoms with Crippen molar-refractivity contribution in [1.82, 2.24) is 9.97 Å². The minimum atomic E-state index is -5.17. The molecule has 0 unspecified atom stereocenters. The Kier molecular flexibility index (Phi) is 12.8. The lowest BCUT2D eigenvalue weighted by molar-refractivity contribution is -0.143. The summed E-state index contributed by atoms with van der Waals surface area (Å²) in [5, 5.41) is 9.02. The molecule has 0 saturated carbocycles. The summed E-state index contributed by atoms with van der Waals surface area (Å²) in [5.74, 6) is -1.37. The van der Waals surface area contributed by atoms with Gasteiger partial charge in [0.15, 0.2) is 0 Å². The van der Waals surface area contributed by atoms with Gasteiger partial charge in [0.1, 0.15) is 0 Å². The number of carbonyl (C=O) groups excluding carboxylic acids is 1. The molecule has 1 amide bonds. The first-order chi connectivity index (χ1) is 24.4. The van der Waals surface area contributed by atoms with Crippen LogP contribution in [0.2, 0.25) is 0 Å². The van der Waals surface area contributed by atoms with Gasteiger partial charge in [-0.05, 0) is 67.3 Å². The number of hydrogen-bond donors (Lipinski definition) is 1. The number of halogens is 9. The van der Waals surface area contributed by atoms with E-state index in [-0.39, 0.29) is 55.7 Å². The highest BCUT2D eigenvalue weighted by Crippen LogP contribution is 2.38. The maximum Gasteiger partial charge on any atom is 0.416 e. The molecule has 0 atom stereocenters. The third-order valence-corrected chi connectivity index (χ3v) is 7.87. The third kappa shape index (κ3) is 10.8. The zero-order chi connectivity index (χ0) is 38.3. The minimum Gasteiger partial charge on any atom is -0.481 e. The number of aliphatic carboxylic acids is 1. The van der Waals surface area contributed by atoms with Gasteiger partial charge in [-0.25, -0.2) is 14.8 Å². The fourth-order valence-corrected chi connectivity index (χ4v) is 5.41. The number of alkyl halides is 9. The molecular formula is C33H34F9N5O5. The maximum absolute atomic E-state index is 14.0. The molecule has 1 aliphatic heterocycles. The average molecular weight is 752 g/mol. The van der Waals surface area contributed by atoms with Gasteiger partial charge in [0.25, 0.3) is 0 Å². The highest BCUT2D eigenvalue weighted by atomic mass is 19.4. The molecule has 1 aromatic heterocycles. The first kappa shape index (κ1) is 40.0. The first-order valence-corrected chi connectivity index (χ1v) is 15.9. The summed E-state index contributed by atoms with van der Waals surface area (Å²) in [6.45, 7) is 1.52. The molecule has 2 heterocycles. The number of carbonyl (C=O) groups is 2.